The second-order valence-electron chi connectivity index (χ2n) is 12.8. The fourth-order valence-electron chi connectivity index (χ4n) is 7.79. The summed E-state index contributed by atoms with van der Waals surface area (Å²) in [5, 5.41) is 13.6. The molecule has 0 spiro atoms. The molecule has 10 rings (SSSR count). The lowest BCUT2D eigenvalue weighted by molar-refractivity contribution is 0.861. The molecular weight excluding hydrogens is 583 g/mol. The van der Waals surface area contributed by atoms with E-state index in [9.17, 15) is 0 Å². The first-order chi connectivity index (χ1) is 23.8. The summed E-state index contributed by atoms with van der Waals surface area (Å²) in [7, 11) is 0. The monoisotopic (exact) mass is 613 g/mol. The van der Waals surface area contributed by atoms with Gasteiger partial charge in [0.15, 0.2) is 0 Å². The number of rotatable bonds is 4. The van der Waals surface area contributed by atoms with Gasteiger partial charge < -0.3 is 4.57 Å². The minimum Gasteiger partial charge on any atom is -0.309 e. The van der Waals surface area contributed by atoms with Crippen molar-refractivity contribution in [2.75, 3.05) is 0 Å². The van der Waals surface area contributed by atoms with Gasteiger partial charge >= 0.3 is 0 Å². The van der Waals surface area contributed by atoms with Crippen molar-refractivity contribution in [3.8, 4) is 27.9 Å². The Morgan fingerprint density at radius 2 is 1.21 bits per heavy atom. The molecule has 0 aliphatic heterocycles. The summed E-state index contributed by atoms with van der Waals surface area (Å²) in [6.45, 7) is 0. The molecule has 0 atom stereocenters. The summed E-state index contributed by atoms with van der Waals surface area (Å²) in [4.78, 5) is 0. The summed E-state index contributed by atoms with van der Waals surface area (Å²) in [5.41, 5.74) is 10.7. The Labute approximate surface area is 278 Å². The molecule has 1 aliphatic rings. The van der Waals surface area contributed by atoms with Crippen LogP contribution in [0.25, 0.3) is 87.9 Å². The van der Waals surface area contributed by atoms with Gasteiger partial charge in [-0.1, -0.05) is 121 Å². The van der Waals surface area contributed by atoms with Crippen molar-refractivity contribution in [3.63, 3.8) is 0 Å². The predicted octanol–water partition coefficient (Wildman–Crippen LogP) is 12.0. The molecule has 9 aromatic rings. The summed E-state index contributed by atoms with van der Waals surface area (Å²) >= 11 is 0. The number of hydrogen-bond donors (Lipinski definition) is 0. The number of nitrogens with zero attached hydrogens (tertiary/aromatic N) is 3. The zero-order chi connectivity index (χ0) is 31.6. The van der Waals surface area contributed by atoms with Gasteiger partial charge in [-0.05, 0) is 87.7 Å². The lowest BCUT2D eigenvalue weighted by Gasteiger charge is -2.15. The van der Waals surface area contributed by atoms with Crippen molar-refractivity contribution in [2.45, 2.75) is 12.8 Å². The molecule has 2 aromatic heterocycles. The first kappa shape index (κ1) is 27.0. The Balaban J connectivity index is 1.38. The maximum absolute atomic E-state index is 4.98. The summed E-state index contributed by atoms with van der Waals surface area (Å²) in [6.07, 6.45) is 10.7. The highest BCUT2D eigenvalue weighted by molar-refractivity contribution is 6.29. The molecule has 3 heteroatoms. The molecule has 2 heterocycles. The molecule has 0 N–H and O–H groups in total. The van der Waals surface area contributed by atoms with Gasteiger partial charge in [-0.15, -0.1) is 0 Å². The van der Waals surface area contributed by atoms with Crippen LogP contribution in [-0.4, -0.2) is 14.3 Å². The molecule has 0 bridgehead atoms. The molecule has 0 saturated heterocycles. The number of allylic oxidation sites excluding steroid dienone is 4. The molecule has 226 valence electrons. The molecular formula is C45H31N3. The van der Waals surface area contributed by atoms with Crippen LogP contribution in [0.4, 0.5) is 0 Å². The molecule has 0 saturated carbocycles. The molecule has 7 aromatic carbocycles. The van der Waals surface area contributed by atoms with Crippen LogP contribution >= 0.6 is 0 Å². The lowest BCUT2D eigenvalue weighted by atomic mass is 9.97. The Morgan fingerprint density at radius 1 is 0.521 bits per heavy atom. The van der Waals surface area contributed by atoms with Crippen LogP contribution in [0.15, 0.2) is 164 Å². The van der Waals surface area contributed by atoms with Gasteiger partial charge in [-0.2, -0.15) is 5.10 Å². The van der Waals surface area contributed by atoms with Gasteiger partial charge in [-0.25, -0.2) is 4.68 Å². The fraction of sp³-hybridized carbons (Fsp3) is 0.0444. The van der Waals surface area contributed by atoms with E-state index in [2.05, 4.69) is 173 Å². The molecule has 3 nitrogen and oxygen atoms in total. The largest absolute Gasteiger partial charge is 0.309 e. The van der Waals surface area contributed by atoms with Crippen LogP contribution in [0.3, 0.4) is 0 Å². The van der Waals surface area contributed by atoms with Crippen molar-refractivity contribution in [1.29, 1.82) is 0 Å². The van der Waals surface area contributed by atoms with E-state index in [0.717, 1.165) is 24.0 Å². The number of benzene rings is 7. The van der Waals surface area contributed by atoms with Crippen molar-refractivity contribution >= 4 is 60.0 Å². The quantitative estimate of drug-likeness (QED) is 0.181. The van der Waals surface area contributed by atoms with Crippen LogP contribution < -0.4 is 0 Å². The molecule has 0 unspecified atom stereocenters. The van der Waals surface area contributed by atoms with E-state index < -0.39 is 0 Å². The average molecular weight is 614 g/mol. The van der Waals surface area contributed by atoms with Crippen molar-refractivity contribution in [2.24, 2.45) is 0 Å². The van der Waals surface area contributed by atoms with Crippen molar-refractivity contribution in [1.82, 2.24) is 14.3 Å². The van der Waals surface area contributed by atoms with Crippen LogP contribution in [0, 0.1) is 0 Å². The highest BCUT2D eigenvalue weighted by Crippen LogP contribution is 2.43. The second kappa shape index (κ2) is 10.7. The Morgan fingerprint density at radius 3 is 1.96 bits per heavy atom. The smallest absolute Gasteiger partial charge is 0.0745 e. The van der Waals surface area contributed by atoms with E-state index in [1.807, 2.05) is 0 Å². The van der Waals surface area contributed by atoms with Gasteiger partial charge in [-0.3, -0.25) is 0 Å². The predicted molar refractivity (Wildman–Crippen MR) is 203 cm³/mol. The van der Waals surface area contributed by atoms with E-state index in [0.29, 0.717) is 0 Å². The van der Waals surface area contributed by atoms with Gasteiger partial charge in [0.1, 0.15) is 0 Å². The van der Waals surface area contributed by atoms with Crippen LogP contribution in [0.5, 0.6) is 0 Å². The summed E-state index contributed by atoms with van der Waals surface area (Å²) in [5.74, 6) is 0. The molecule has 48 heavy (non-hydrogen) atoms. The third kappa shape index (κ3) is 4.11. The first-order valence-corrected chi connectivity index (χ1v) is 16.7. The SMILES string of the molecule is C1=CCCC(n2ncc3c4c5ccc6ccc7ccccc7c6c5n(-c5cc(-c6ccccc6)cc(-c6ccccc6)c5)c4ccc32)=C1. The zero-order valence-electron chi connectivity index (χ0n) is 26.3. The highest BCUT2D eigenvalue weighted by atomic mass is 15.3. The Bertz CT molecular complexity index is 2700. The minimum atomic E-state index is 0.984. The van der Waals surface area contributed by atoms with Gasteiger partial charge in [0.05, 0.1) is 22.7 Å². The maximum atomic E-state index is 4.98. The van der Waals surface area contributed by atoms with Crippen LogP contribution in [0.1, 0.15) is 12.8 Å². The number of hydrogen-bond acceptors (Lipinski definition) is 1. The maximum Gasteiger partial charge on any atom is 0.0745 e. The highest BCUT2D eigenvalue weighted by Gasteiger charge is 2.21. The topological polar surface area (TPSA) is 22.8 Å². The number of aromatic nitrogens is 3. The van der Waals surface area contributed by atoms with Crippen LogP contribution in [-0.2, 0) is 0 Å². The van der Waals surface area contributed by atoms with Crippen LogP contribution in [0.2, 0.25) is 0 Å². The normalized spacial score (nSPS) is 13.3. The zero-order valence-corrected chi connectivity index (χ0v) is 26.3. The minimum absolute atomic E-state index is 0.984. The summed E-state index contributed by atoms with van der Waals surface area (Å²) in [6, 6.07) is 51.0. The van der Waals surface area contributed by atoms with Gasteiger partial charge in [0.2, 0.25) is 0 Å². The van der Waals surface area contributed by atoms with E-state index in [-0.39, 0.29) is 0 Å². The average Bonchev–Trinajstić information content (AvgIpc) is 3.75. The van der Waals surface area contributed by atoms with E-state index in [1.54, 1.807) is 0 Å². The van der Waals surface area contributed by atoms with Crippen molar-refractivity contribution in [3.05, 3.63) is 164 Å². The first-order valence-electron chi connectivity index (χ1n) is 16.7. The Kier molecular flexibility index (Phi) is 6.00. The van der Waals surface area contributed by atoms with E-state index in [4.69, 9.17) is 5.10 Å². The third-order valence-corrected chi connectivity index (χ3v) is 10.0. The fourth-order valence-corrected chi connectivity index (χ4v) is 7.79. The van der Waals surface area contributed by atoms with E-state index >= 15 is 0 Å². The molecule has 1 aliphatic carbocycles. The molecule has 0 amide bonds. The molecule has 0 fully saturated rings. The molecule has 0 radical (unpaired) electrons. The lowest BCUT2D eigenvalue weighted by Crippen LogP contribution is -2.00. The number of fused-ring (bicyclic) bond motifs is 9. The van der Waals surface area contributed by atoms with Crippen molar-refractivity contribution < 1.29 is 0 Å². The van der Waals surface area contributed by atoms with Gasteiger partial charge in [0, 0.05) is 32.9 Å². The van der Waals surface area contributed by atoms with Gasteiger partial charge in [0.25, 0.3) is 0 Å². The Hall–Kier alpha value is -6.19. The summed E-state index contributed by atoms with van der Waals surface area (Å²) < 4.78 is 4.65. The standard InChI is InChI=1S/C45H31N3/c1-4-12-30(13-5-1)34-26-35(31-14-6-2-7-15-31)28-37(27-34)47-42-25-24-41-40(29-46-48(41)36-17-8-3-9-18-36)44(42)39-23-22-33-21-20-32-16-10-11-19-38(32)43(33)45(39)47/h1-8,10-17,19-29H,9,18H2. The van der Waals surface area contributed by atoms with E-state index in [1.165, 1.54) is 76.7 Å². The second-order valence-corrected chi connectivity index (χ2v) is 12.8. The third-order valence-electron chi connectivity index (χ3n) is 10.0.